The molecule has 212 valence electrons. The van der Waals surface area contributed by atoms with Gasteiger partial charge in [-0.15, -0.1) is 10.2 Å². The molecular weight excluding hydrogens is 530 g/mol. The summed E-state index contributed by atoms with van der Waals surface area (Å²) in [5.74, 6) is 1.98. The highest BCUT2D eigenvalue weighted by Gasteiger charge is 2.30. The van der Waals surface area contributed by atoms with Gasteiger partial charge in [0, 0.05) is 49.8 Å². The van der Waals surface area contributed by atoms with E-state index in [1.807, 2.05) is 77.4 Å². The Morgan fingerprint density at radius 1 is 0.878 bits per heavy atom. The van der Waals surface area contributed by atoms with Crippen LogP contribution in [0.5, 0.6) is 0 Å². The van der Waals surface area contributed by atoms with Crippen LogP contribution in [-0.2, 0) is 11.2 Å². The van der Waals surface area contributed by atoms with E-state index in [0.717, 1.165) is 35.3 Å². The molecule has 0 radical (unpaired) electrons. The number of carbonyl (C=O) groups excluding carboxylic acids is 2. The summed E-state index contributed by atoms with van der Waals surface area (Å²) in [6, 6.07) is 28.0. The molecule has 0 spiro atoms. The van der Waals surface area contributed by atoms with E-state index in [4.69, 9.17) is 0 Å². The summed E-state index contributed by atoms with van der Waals surface area (Å²) >= 11 is 1.69. The van der Waals surface area contributed by atoms with Gasteiger partial charge in [0.15, 0.2) is 5.16 Å². The quantitative estimate of drug-likeness (QED) is 0.179. The molecule has 0 saturated carbocycles. The standard InChI is InChI=1S/C33H37N5O2S/c1-25-13-9-10-18-29(25)38-30(23-27-14-5-3-6-15-27)34-35-33(38)41-22-12-11-19-31(39)36-20-21-37(26(2)24-36)32(40)28-16-7-4-8-17-28/h3-10,13-18,26H,11-12,19-24H2,1-2H3. The second-order valence-electron chi connectivity index (χ2n) is 10.5. The van der Waals surface area contributed by atoms with Gasteiger partial charge in [0.25, 0.3) is 5.91 Å². The van der Waals surface area contributed by atoms with E-state index >= 15 is 0 Å². The number of hydrogen-bond donors (Lipinski definition) is 0. The number of aryl methyl sites for hydroxylation is 1. The fourth-order valence-corrected chi connectivity index (χ4v) is 6.24. The number of benzene rings is 3. The van der Waals surface area contributed by atoms with Crippen LogP contribution in [0, 0.1) is 6.92 Å². The van der Waals surface area contributed by atoms with Crippen molar-refractivity contribution in [3.63, 3.8) is 0 Å². The Morgan fingerprint density at radius 2 is 1.59 bits per heavy atom. The van der Waals surface area contributed by atoms with Crippen LogP contribution in [0.15, 0.2) is 90.1 Å². The molecular formula is C33H37N5O2S. The van der Waals surface area contributed by atoms with Crippen LogP contribution >= 0.6 is 11.8 Å². The van der Waals surface area contributed by atoms with Crippen molar-refractivity contribution in [3.8, 4) is 5.69 Å². The molecule has 3 aromatic carbocycles. The van der Waals surface area contributed by atoms with Crippen LogP contribution in [0.3, 0.4) is 0 Å². The predicted molar refractivity (Wildman–Crippen MR) is 163 cm³/mol. The zero-order valence-corrected chi connectivity index (χ0v) is 24.6. The monoisotopic (exact) mass is 567 g/mol. The summed E-state index contributed by atoms with van der Waals surface area (Å²) in [6.45, 7) is 5.86. The van der Waals surface area contributed by atoms with E-state index in [2.05, 4.69) is 46.0 Å². The number of nitrogens with zero attached hydrogens (tertiary/aromatic N) is 5. The van der Waals surface area contributed by atoms with Gasteiger partial charge in [-0.05, 0) is 56.0 Å². The number of thioether (sulfide) groups is 1. The predicted octanol–water partition coefficient (Wildman–Crippen LogP) is 5.80. The lowest BCUT2D eigenvalue weighted by Crippen LogP contribution is -2.55. The maximum absolute atomic E-state index is 13.0. The minimum atomic E-state index is -0.00570. The van der Waals surface area contributed by atoms with Crippen molar-refractivity contribution in [2.24, 2.45) is 0 Å². The molecule has 7 nitrogen and oxygen atoms in total. The molecule has 1 atom stereocenters. The lowest BCUT2D eigenvalue weighted by molar-refractivity contribution is -0.133. The normalized spacial score (nSPS) is 15.2. The van der Waals surface area contributed by atoms with Gasteiger partial charge in [0.1, 0.15) is 5.82 Å². The Hall–Kier alpha value is -3.91. The molecule has 2 heterocycles. The first kappa shape index (κ1) is 28.6. The molecule has 1 aliphatic rings. The molecule has 2 amide bonds. The van der Waals surface area contributed by atoms with E-state index in [-0.39, 0.29) is 17.9 Å². The van der Waals surface area contributed by atoms with Crippen LogP contribution in [0.25, 0.3) is 5.69 Å². The Balaban J connectivity index is 1.13. The van der Waals surface area contributed by atoms with Gasteiger partial charge in [-0.25, -0.2) is 0 Å². The smallest absolute Gasteiger partial charge is 0.254 e. The van der Waals surface area contributed by atoms with Gasteiger partial charge >= 0.3 is 0 Å². The SMILES string of the molecule is Cc1ccccc1-n1c(Cc2ccccc2)nnc1SCCCCC(=O)N1CCN(C(=O)c2ccccc2)C(C)C1. The highest BCUT2D eigenvalue weighted by atomic mass is 32.2. The van der Waals surface area contributed by atoms with Gasteiger partial charge in [-0.2, -0.15) is 0 Å². The Labute approximate surface area is 246 Å². The fraction of sp³-hybridized carbons (Fsp3) is 0.333. The molecule has 8 heteroatoms. The summed E-state index contributed by atoms with van der Waals surface area (Å²) in [6.07, 6.45) is 2.95. The first-order valence-corrected chi connectivity index (χ1v) is 15.3. The van der Waals surface area contributed by atoms with Gasteiger partial charge < -0.3 is 9.80 Å². The second-order valence-corrected chi connectivity index (χ2v) is 11.6. The number of unbranched alkanes of at least 4 members (excludes halogenated alkanes) is 1. The first-order valence-electron chi connectivity index (χ1n) is 14.3. The van der Waals surface area contributed by atoms with Crippen molar-refractivity contribution in [3.05, 3.63) is 107 Å². The summed E-state index contributed by atoms with van der Waals surface area (Å²) in [7, 11) is 0. The van der Waals surface area contributed by atoms with E-state index in [1.165, 1.54) is 11.1 Å². The molecule has 1 aromatic heterocycles. The third kappa shape index (κ3) is 7.06. The van der Waals surface area contributed by atoms with Gasteiger partial charge in [0.2, 0.25) is 5.91 Å². The van der Waals surface area contributed by atoms with Crippen LogP contribution in [0.4, 0.5) is 0 Å². The van der Waals surface area contributed by atoms with Crippen LogP contribution in [0.1, 0.15) is 53.5 Å². The second kappa shape index (κ2) is 13.6. The lowest BCUT2D eigenvalue weighted by Gasteiger charge is -2.40. The number of carbonyl (C=O) groups is 2. The van der Waals surface area contributed by atoms with E-state index in [1.54, 1.807) is 11.8 Å². The highest BCUT2D eigenvalue weighted by Crippen LogP contribution is 2.26. The molecule has 41 heavy (non-hydrogen) atoms. The number of para-hydroxylation sites is 1. The molecule has 0 N–H and O–H groups in total. The maximum atomic E-state index is 13.0. The molecule has 1 unspecified atom stereocenters. The van der Waals surface area contributed by atoms with Crippen LogP contribution < -0.4 is 0 Å². The summed E-state index contributed by atoms with van der Waals surface area (Å²) in [5, 5.41) is 10.0. The lowest BCUT2D eigenvalue weighted by atomic mass is 10.1. The Bertz CT molecular complexity index is 1460. The topological polar surface area (TPSA) is 71.3 Å². The number of amides is 2. The average molecular weight is 568 g/mol. The minimum absolute atomic E-state index is 0.00570. The molecule has 1 saturated heterocycles. The minimum Gasteiger partial charge on any atom is -0.339 e. The zero-order valence-electron chi connectivity index (χ0n) is 23.8. The zero-order chi connectivity index (χ0) is 28.6. The molecule has 5 rings (SSSR count). The summed E-state index contributed by atoms with van der Waals surface area (Å²) in [5.41, 5.74) is 4.17. The molecule has 1 aliphatic heterocycles. The maximum Gasteiger partial charge on any atom is 0.254 e. The van der Waals surface area contributed by atoms with E-state index in [0.29, 0.717) is 38.0 Å². The van der Waals surface area contributed by atoms with Crippen molar-refractivity contribution in [1.82, 2.24) is 24.6 Å². The van der Waals surface area contributed by atoms with Crippen LogP contribution in [0.2, 0.25) is 0 Å². The number of aromatic nitrogens is 3. The van der Waals surface area contributed by atoms with E-state index in [9.17, 15) is 9.59 Å². The van der Waals surface area contributed by atoms with Gasteiger partial charge in [-0.1, -0.05) is 78.5 Å². The van der Waals surface area contributed by atoms with Crippen molar-refractivity contribution >= 4 is 23.6 Å². The fourth-order valence-electron chi connectivity index (χ4n) is 5.28. The number of hydrogen-bond acceptors (Lipinski definition) is 5. The molecule has 1 fully saturated rings. The van der Waals surface area contributed by atoms with Crippen molar-refractivity contribution in [1.29, 1.82) is 0 Å². The number of rotatable bonds is 10. The van der Waals surface area contributed by atoms with Crippen molar-refractivity contribution in [2.75, 3.05) is 25.4 Å². The third-order valence-corrected chi connectivity index (χ3v) is 8.55. The summed E-state index contributed by atoms with van der Waals surface area (Å²) < 4.78 is 2.18. The average Bonchev–Trinajstić information content (AvgIpc) is 3.39. The highest BCUT2D eigenvalue weighted by molar-refractivity contribution is 7.99. The Morgan fingerprint density at radius 3 is 2.32 bits per heavy atom. The molecule has 0 bridgehead atoms. The van der Waals surface area contributed by atoms with Crippen molar-refractivity contribution in [2.45, 2.75) is 50.7 Å². The van der Waals surface area contributed by atoms with E-state index < -0.39 is 0 Å². The first-order chi connectivity index (χ1) is 20.0. The van der Waals surface area contributed by atoms with Crippen LogP contribution in [-0.4, -0.2) is 67.8 Å². The number of piperazine rings is 1. The summed E-state index contributed by atoms with van der Waals surface area (Å²) in [4.78, 5) is 29.6. The van der Waals surface area contributed by atoms with Crippen molar-refractivity contribution < 1.29 is 9.59 Å². The molecule has 4 aromatic rings. The largest absolute Gasteiger partial charge is 0.339 e. The molecule has 0 aliphatic carbocycles. The van der Waals surface area contributed by atoms with Gasteiger partial charge in [-0.3, -0.25) is 14.2 Å². The third-order valence-electron chi connectivity index (χ3n) is 7.54. The van der Waals surface area contributed by atoms with Gasteiger partial charge in [0.05, 0.1) is 5.69 Å². The Kier molecular flexibility index (Phi) is 9.51.